The Morgan fingerprint density at radius 2 is 1.73 bits per heavy atom. The van der Waals surface area contributed by atoms with E-state index in [0.29, 0.717) is 17.2 Å². The molecule has 4 aromatic rings. The van der Waals surface area contributed by atoms with Crippen molar-refractivity contribution in [2.45, 2.75) is 13.5 Å². The summed E-state index contributed by atoms with van der Waals surface area (Å²) in [5.41, 5.74) is 5.77. The first kappa shape index (κ1) is 26.9. The SMILES string of the molecule is Cc1ccc(NC(=O)c2ccc(CN3CCN(CC(=O)O)CC3)cc2)cc1Nc1nccc(-c2cccnc2)n1. The molecule has 2 aromatic carbocycles. The molecule has 1 saturated heterocycles. The van der Waals surface area contributed by atoms with E-state index in [-0.39, 0.29) is 12.5 Å². The van der Waals surface area contributed by atoms with Crippen molar-refractivity contribution in [2.24, 2.45) is 0 Å². The van der Waals surface area contributed by atoms with Gasteiger partial charge in [0.25, 0.3) is 5.91 Å². The second-order valence-corrected chi connectivity index (χ2v) is 9.76. The molecule has 3 heterocycles. The summed E-state index contributed by atoms with van der Waals surface area (Å²) in [4.78, 5) is 41.2. The maximum atomic E-state index is 13.0. The largest absolute Gasteiger partial charge is 0.480 e. The molecule has 1 aliphatic heterocycles. The van der Waals surface area contributed by atoms with Crippen molar-refractivity contribution in [3.05, 3.63) is 95.9 Å². The van der Waals surface area contributed by atoms with Gasteiger partial charge in [0.05, 0.1) is 12.2 Å². The lowest BCUT2D eigenvalue weighted by Crippen LogP contribution is -2.47. The van der Waals surface area contributed by atoms with Gasteiger partial charge in [-0.05, 0) is 60.5 Å². The number of piperazine rings is 1. The van der Waals surface area contributed by atoms with Gasteiger partial charge in [0.15, 0.2) is 0 Å². The number of nitrogens with one attached hydrogen (secondary N) is 2. The molecule has 1 amide bonds. The van der Waals surface area contributed by atoms with Gasteiger partial charge in [-0.1, -0.05) is 18.2 Å². The van der Waals surface area contributed by atoms with Crippen molar-refractivity contribution in [2.75, 3.05) is 43.4 Å². The first-order chi connectivity index (χ1) is 19.4. The number of carboxylic acid groups (broad SMARTS) is 1. The van der Waals surface area contributed by atoms with Gasteiger partial charge in [-0.3, -0.25) is 24.4 Å². The molecule has 0 unspecified atom stereocenters. The van der Waals surface area contributed by atoms with Gasteiger partial charge in [0, 0.05) is 73.8 Å². The number of nitrogens with zero attached hydrogens (tertiary/aromatic N) is 5. The minimum atomic E-state index is -0.791. The summed E-state index contributed by atoms with van der Waals surface area (Å²) < 4.78 is 0. The van der Waals surface area contributed by atoms with E-state index < -0.39 is 5.97 Å². The third-order valence-electron chi connectivity index (χ3n) is 6.80. The maximum Gasteiger partial charge on any atom is 0.317 e. The van der Waals surface area contributed by atoms with Crippen LogP contribution in [0.15, 0.2) is 79.3 Å². The normalized spacial score (nSPS) is 14.0. The molecule has 2 aromatic heterocycles. The Kier molecular flexibility index (Phi) is 8.38. The lowest BCUT2D eigenvalue weighted by molar-refractivity contribution is -0.138. The smallest absolute Gasteiger partial charge is 0.317 e. The fourth-order valence-corrected chi connectivity index (χ4v) is 4.57. The molecule has 0 saturated carbocycles. The van der Waals surface area contributed by atoms with Crippen LogP contribution >= 0.6 is 0 Å². The topological polar surface area (TPSA) is 124 Å². The predicted molar refractivity (Wildman–Crippen MR) is 153 cm³/mol. The Morgan fingerprint density at radius 1 is 0.950 bits per heavy atom. The fourth-order valence-electron chi connectivity index (χ4n) is 4.57. The number of hydrogen-bond donors (Lipinski definition) is 3. The zero-order valence-electron chi connectivity index (χ0n) is 22.2. The molecule has 40 heavy (non-hydrogen) atoms. The fraction of sp³-hybridized carbons (Fsp3) is 0.233. The van der Waals surface area contributed by atoms with Crippen LogP contribution in [0.5, 0.6) is 0 Å². The van der Waals surface area contributed by atoms with E-state index in [4.69, 9.17) is 5.11 Å². The van der Waals surface area contributed by atoms with Crippen LogP contribution in [0, 0.1) is 6.92 Å². The van der Waals surface area contributed by atoms with E-state index in [1.54, 1.807) is 18.6 Å². The highest BCUT2D eigenvalue weighted by Gasteiger charge is 2.19. The third kappa shape index (κ3) is 7.04. The number of carboxylic acids is 1. The average molecular weight is 538 g/mol. The zero-order valence-corrected chi connectivity index (χ0v) is 22.2. The summed E-state index contributed by atoms with van der Waals surface area (Å²) in [6.45, 7) is 5.94. The monoisotopic (exact) mass is 537 g/mol. The number of rotatable bonds is 9. The zero-order chi connectivity index (χ0) is 27.9. The summed E-state index contributed by atoms with van der Waals surface area (Å²) >= 11 is 0. The van der Waals surface area contributed by atoms with Crippen molar-refractivity contribution in [1.82, 2.24) is 24.8 Å². The summed E-state index contributed by atoms with van der Waals surface area (Å²) in [5, 5.41) is 15.2. The molecule has 10 nitrogen and oxygen atoms in total. The van der Waals surface area contributed by atoms with Crippen LogP contribution in [0.3, 0.4) is 0 Å². The Morgan fingerprint density at radius 3 is 2.45 bits per heavy atom. The van der Waals surface area contributed by atoms with Crippen molar-refractivity contribution >= 4 is 29.2 Å². The quantitative estimate of drug-likeness (QED) is 0.290. The molecule has 1 aliphatic rings. The second-order valence-electron chi connectivity index (χ2n) is 9.76. The minimum absolute atomic E-state index is 0.0866. The molecule has 0 spiro atoms. The Bertz CT molecular complexity index is 1470. The lowest BCUT2D eigenvalue weighted by atomic mass is 10.1. The van der Waals surface area contributed by atoms with Crippen LogP contribution in [0.2, 0.25) is 0 Å². The minimum Gasteiger partial charge on any atom is -0.480 e. The van der Waals surface area contributed by atoms with Gasteiger partial charge < -0.3 is 15.7 Å². The number of benzene rings is 2. The molecular formula is C30H31N7O3. The summed E-state index contributed by atoms with van der Waals surface area (Å²) in [5.74, 6) is -0.536. The highest BCUT2D eigenvalue weighted by atomic mass is 16.4. The van der Waals surface area contributed by atoms with E-state index in [0.717, 1.165) is 60.8 Å². The third-order valence-corrected chi connectivity index (χ3v) is 6.80. The standard InChI is InChI=1S/C30H31N7O3/c1-21-4-9-25(17-27(21)35-30-32-12-10-26(34-30)24-3-2-11-31-18-24)33-29(40)23-7-5-22(6-8-23)19-36-13-15-37(16-14-36)20-28(38)39/h2-12,17-18H,13-16,19-20H2,1H3,(H,33,40)(H,38,39)(H,32,34,35). The van der Waals surface area contributed by atoms with E-state index in [1.807, 2.05) is 72.5 Å². The summed E-state index contributed by atoms with van der Waals surface area (Å²) in [6, 6.07) is 18.9. The Hall–Kier alpha value is -4.67. The number of carbonyl (C=O) groups is 2. The molecule has 0 radical (unpaired) electrons. The molecule has 10 heteroatoms. The van der Waals surface area contributed by atoms with Crippen molar-refractivity contribution in [3.8, 4) is 11.3 Å². The molecule has 0 aliphatic carbocycles. The molecule has 3 N–H and O–H groups in total. The second kappa shape index (κ2) is 12.5. The number of pyridine rings is 1. The number of aryl methyl sites for hydroxylation is 1. The molecule has 204 valence electrons. The lowest BCUT2D eigenvalue weighted by Gasteiger charge is -2.33. The van der Waals surface area contributed by atoms with Gasteiger partial charge in [0.2, 0.25) is 5.95 Å². The van der Waals surface area contributed by atoms with Crippen molar-refractivity contribution < 1.29 is 14.7 Å². The predicted octanol–water partition coefficient (Wildman–Crippen LogP) is 4.05. The average Bonchev–Trinajstić information content (AvgIpc) is 2.96. The Balaban J connectivity index is 1.19. The van der Waals surface area contributed by atoms with Gasteiger partial charge >= 0.3 is 5.97 Å². The summed E-state index contributed by atoms with van der Waals surface area (Å²) in [7, 11) is 0. The number of carbonyl (C=O) groups excluding carboxylic acids is 1. The van der Waals surface area contributed by atoms with Crippen LogP contribution in [-0.2, 0) is 11.3 Å². The van der Waals surface area contributed by atoms with Crippen molar-refractivity contribution in [1.29, 1.82) is 0 Å². The molecule has 0 bridgehead atoms. The number of anilines is 3. The first-order valence-electron chi connectivity index (χ1n) is 13.1. The van der Waals surface area contributed by atoms with Crippen LogP contribution in [-0.4, -0.2) is 74.5 Å². The van der Waals surface area contributed by atoms with Gasteiger partial charge in [0.1, 0.15) is 0 Å². The number of aliphatic carboxylic acids is 1. The van der Waals surface area contributed by atoms with Crippen molar-refractivity contribution in [3.63, 3.8) is 0 Å². The van der Waals surface area contributed by atoms with Crippen LogP contribution < -0.4 is 10.6 Å². The van der Waals surface area contributed by atoms with Gasteiger partial charge in [-0.25, -0.2) is 9.97 Å². The molecule has 5 rings (SSSR count). The number of amides is 1. The molecular weight excluding hydrogens is 506 g/mol. The van der Waals surface area contributed by atoms with Crippen LogP contribution in [0.4, 0.5) is 17.3 Å². The maximum absolute atomic E-state index is 13.0. The van der Waals surface area contributed by atoms with Crippen LogP contribution in [0.1, 0.15) is 21.5 Å². The number of aromatic nitrogens is 3. The van der Waals surface area contributed by atoms with E-state index in [1.165, 1.54) is 0 Å². The summed E-state index contributed by atoms with van der Waals surface area (Å²) in [6.07, 6.45) is 5.17. The highest BCUT2D eigenvalue weighted by Crippen LogP contribution is 2.25. The Labute approximate surface area is 232 Å². The molecule has 1 fully saturated rings. The van der Waals surface area contributed by atoms with E-state index in [9.17, 15) is 9.59 Å². The first-order valence-corrected chi connectivity index (χ1v) is 13.1. The van der Waals surface area contributed by atoms with Gasteiger partial charge in [-0.15, -0.1) is 0 Å². The molecule has 0 atom stereocenters. The van der Waals surface area contributed by atoms with Gasteiger partial charge in [-0.2, -0.15) is 0 Å². The van der Waals surface area contributed by atoms with Crippen LogP contribution in [0.25, 0.3) is 11.3 Å². The number of hydrogen-bond acceptors (Lipinski definition) is 8. The van der Waals surface area contributed by atoms with E-state index in [2.05, 4.69) is 30.5 Å². The van der Waals surface area contributed by atoms with E-state index >= 15 is 0 Å². The highest BCUT2D eigenvalue weighted by molar-refractivity contribution is 6.04.